The number of carbonyl (C=O) groups excluding carboxylic acids is 2. The SMILES string of the molecule is Cc1cc(C)c(C(=O)COC(=O)[C@H](C)N=C2NS(=O)(=O)c3ccccc32)cc1C. The molecule has 0 bridgehead atoms. The second-order valence-electron chi connectivity index (χ2n) is 7.04. The molecule has 1 aliphatic rings. The first-order chi connectivity index (χ1) is 13.6. The number of hydrogen-bond acceptors (Lipinski definition) is 6. The van der Waals surface area contributed by atoms with E-state index in [0.29, 0.717) is 11.1 Å². The highest BCUT2D eigenvalue weighted by atomic mass is 32.2. The highest BCUT2D eigenvalue weighted by Crippen LogP contribution is 2.22. The van der Waals surface area contributed by atoms with E-state index in [1.54, 1.807) is 24.3 Å². The molecule has 0 spiro atoms. The van der Waals surface area contributed by atoms with Crippen LogP contribution in [0, 0.1) is 20.8 Å². The summed E-state index contributed by atoms with van der Waals surface area (Å²) >= 11 is 0. The molecule has 152 valence electrons. The minimum atomic E-state index is -3.69. The molecule has 2 aromatic carbocycles. The molecule has 0 amide bonds. The summed E-state index contributed by atoms with van der Waals surface area (Å²) in [6, 6.07) is 9.09. The number of benzene rings is 2. The molecule has 0 unspecified atom stereocenters. The summed E-state index contributed by atoms with van der Waals surface area (Å²) in [7, 11) is -3.69. The van der Waals surface area contributed by atoms with Crippen LogP contribution in [-0.4, -0.2) is 38.7 Å². The summed E-state index contributed by atoms with van der Waals surface area (Å²) in [4.78, 5) is 29.0. The number of nitrogens with one attached hydrogen (secondary N) is 1. The van der Waals surface area contributed by atoms with Crippen molar-refractivity contribution in [1.29, 1.82) is 0 Å². The van der Waals surface area contributed by atoms with Gasteiger partial charge >= 0.3 is 5.97 Å². The molecular weight excluding hydrogens is 392 g/mol. The molecule has 0 fully saturated rings. The van der Waals surface area contributed by atoms with Crippen LogP contribution in [0.15, 0.2) is 46.3 Å². The zero-order valence-corrected chi connectivity index (χ0v) is 17.5. The molecular formula is C21H22N2O5S. The van der Waals surface area contributed by atoms with E-state index in [0.717, 1.165) is 16.7 Å². The van der Waals surface area contributed by atoms with E-state index < -0.39 is 28.6 Å². The van der Waals surface area contributed by atoms with Crippen molar-refractivity contribution in [1.82, 2.24) is 4.72 Å². The number of rotatable bonds is 5. The maximum atomic E-state index is 12.4. The van der Waals surface area contributed by atoms with Crippen LogP contribution in [0.2, 0.25) is 0 Å². The molecule has 0 saturated heterocycles. The van der Waals surface area contributed by atoms with E-state index in [2.05, 4.69) is 9.71 Å². The molecule has 1 heterocycles. The number of nitrogens with zero attached hydrogens (tertiary/aromatic N) is 1. The first kappa shape index (κ1) is 20.7. The first-order valence-corrected chi connectivity index (χ1v) is 10.6. The molecule has 29 heavy (non-hydrogen) atoms. The minimum Gasteiger partial charge on any atom is -0.456 e. The van der Waals surface area contributed by atoms with Crippen molar-refractivity contribution < 1.29 is 22.7 Å². The van der Waals surface area contributed by atoms with Crippen molar-refractivity contribution in [3.05, 3.63) is 64.2 Å². The number of amidine groups is 1. The lowest BCUT2D eigenvalue weighted by molar-refractivity contribution is -0.143. The lowest BCUT2D eigenvalue weighted by Crippen LogP contribution is -2.27. The molecule has 3 rings (SSSR count). The van der Waals surface area contributed by atoms with Gasteiger partial charge in [0.15, 0.2) is 6.61 Å². The summed E-state index contributed by atoms with van der Waals surface area (Å²) in [6.07, 6.45) is 0. The van der Waals surface area contributed by atoms with Crippen LogP contribution in [0.4, 0.5) is 0 Å². The van der Waals surface area contributed by atoms with Gasteiger partial charge in [0.05, 0.1) is 4.90 Å². The number of ether oxygens (including phenoxy) is 1. The normalized spacial score (nSPS) is 16.8. The van der Waals surface area contributed by atoms with Crippen LogP contribution in [-0.2, 0) is 19.6 Å². The number of aryl methyl sites for hydroxylation is 3. The fraction of sp³-hybridized carbons (Fsp3) is 0.286. The van der Waals surface area contributed by atoms with Crippen LogP contribution in [0.5, 0.6) is 0 Å². The zero-order chi connectivity index (χ0) is 21.3. The van der Waals surface area contributed by atoms with E-state index in [9.17, 15) is 18.0 Å². The van der Waals surface area contributed by atoms with Gasteiger partial charge < -0.3 is 4.74 Å². The predicted octanol–water partition coefficient (Wildman–Crippen LogP) is 2.46. The third-order valence-corrected chi connectivity index (χ3v) is 6.21. The van der Waals surface area contributed by atoms with Gasteiger partial charge in [0, 0.05) is 11.1 Å². The van der Waals surface area contributed by atoms with E-state index in [-0.39, 0.29) is 16.5 Å². The van der Waals surface area contributed by atoms with E-state index in [1.165, 1.54) is 13.0 Å². The molecule has 8 heteroatoms. The monoisotopic (exact) mass is 414 g/mol. The fourth-order valence-corrected chi connectivity index (χ4v) is 4.31. The number of sulfonamides is 1. The van der Waals surface area contributed by atoms with Crippen molar-refractivity contribution in [2.24, 2.45) is 4.99 Å². The summed E-state index contributed by atoms with van der Waals surface area (Å²) in [5.41, 5.74) is 3.79. The van der Waals surface area contributed by atoms with Crippen molar-refractivity contribution in [2.45, 2.75) is 38.6 Å². The van der Waals surface area contributed by atoms with Crippen molar-refractivity contribution in [2.75, 3.05) is 6.61 Å². The molecule has 7 nitrogen and oxygen atoms in total. The number of hydrogen-bond donors (Lipinski definition) is 1. The number of ketones is 1. The Kier molecular flexibility index (Phi) is 5.57. The Labute approximate surface area is 169 Å². The maximum absolute atomic E-state index is 12.4. The molecule has 0 saturated carbocycles. The van der Waals surface area contributed by atoms with Crippen LogP contribution in [0.3, 0.4) is 0 Å². The number of fused-ring (bicyclic) bond motifs is 1. The third-order valence-electron chi connectivity index (χ3n) is 4.81. The standard InChI is InChI=1S/C21H22N2O5S/c1-12-9-14(3)17(10-13(12)2)18(24)11-28-21(25)15(4)22-20-16-7-5-6-8-19(16)29(26,27)23-20/h5-10,15H,11H2,1-4H3,(H,22,23)/t15-/m0/s1. The topological polar surface area (TPSA) is 102 Å². The quantitative estimate of drug-likeness (QED) is 0.598. The van der Waals surface area contributed by atoms with Gasteiger partial charge in [-0.05, 0) is 62.6 Å². The van der Waals surface area contributed by atoms with Crippen molar-refractivity contribution in [3.63, 3.8) is 0 Å². The highest BCUT2D eigenvalue weighted by molar-refractivity contribution is 7.90. The van der Waals surface area contributed by atoms with E-state index >= 15 is 0 Å². The Balaban J connectivity index is 1.70. The van der Waals surface area contributed by atoms with Crippen LogP contribution >= 0.6 is 0 Å². The zero-order valence-electron chi connectivity index (χ0n) is 16.6. The summed E-state index contributed by atoms with van der Waals surface area (Å²) in [5, 5.41) is 0. The van der Waals surface area contributed by atoms with E-state index in [4.69, 9.17) is 4.74 Å². The first-order valence-electron chi connectivity index (χ1n) is 9.08. The summed E-state index contributed by atoms with van der Waals surface area (Å²) < 4.78 is 31.7. The smallest absolute Gasteiger partial charge is 0.331 e. The Morgan fingerprint density at radius 3 is 2.45 bits per heavy atom. The number of Topliss-reactive ketones (excluding diaryl/α,β-unsaturated/α-hetero) is 1. The molecule has 1 aliphatic heterocycles. The fourth-order valence-electron chi connectivity index (χ4n) is 3.07. The Morgan fingerprint density at radius 2 is 1.72 bits per heavy atom. The van der Waals surface area contributed by atoms with Crippen molar-refractivity contribution in [3.8, 4) is 0 Å². The second kappa shape index (κ2) is 7.79. The van der Waals surface area contributed by atoms with Gasteiger partial charge in [-0.25, -0.2) is 13.2 Å². The van der Waals surface area contributed by atoms with Crippen LogP contribution in [0.1, 0.15) is 39.5 Å². The predicted molar refractivity (Wildman–Crippen MR) is 109 cm³/mol. The Morgan fingerprint density at radius 1 is 1.07 bits per heavy atom. The molecule has 0 aliphatic carbocycles. The van der Waals surface area contributed by atoms with Crippen LogP contribution < -0.4 is 4.72 Å². The third kappa shape index (κ3) is 4.22. The molecule has 2 aromatic rings. The summed E-state index contributed by atoms with van der Waals surface area (Å²) in [6.45, 7) is 6.79. The molecule has 0 aromatic heterocycles. The molecule has 1 N–H and O–H groups in total. The lowest BCUT2D eigenvalue weighted by Gasteiger charge is -2.11. The van der Waals surface area contributed by atoms with Gasteiger partial charge in [-0.1, -0.05) is 18.2 Å². The van der Waals surface area contributed by atoms with Gasteiger partial charge in [-0.3, -0.25) is 14.5 Å². The molecule has 1 atom stereocenters. The largest absolute Gasteiger partial charge is 0.456 e. The Bertz CT molecular complexity index is 1140. The number of aliphatic imine (C=N–C) groups is 1. The van der Waals surface area contributed by atoms with Gasteiger partial charge in [0.25, 0.3) is 10.0 Å². The van der Waals surface area contributed by atoms with Gasteiger partial charge in [-0.15, -0.1) is 0 Å². The van der Waals surface area contributed by atoms with Gasteiger partial charge in [0.2, 0.25) is 5.78 Å². The van der Waals surface area contributed by atoms with Crippen LogP contribution in [0.25, 0.3) is 0 Å². The molecule has 0 radical (unpaired) electrons. The maximum Gasteiger partial charge on any atom is 0.331 e. The van der Waals surface area contributed by atoms with Gasteiger partial charge in [-0.2, -0.15) is 0 Å². The number of esters is 1. The average Bonchev–Trinajstić information content (AvgIpc) is 2.93. The highest BCUT2D eigenvalue weighted by Gasteiger charge is 2.31. The minimum absolute atomic E-state index is 0.0846. The summed E-state index contributed by atoms with van der Waals surface area (Å²) in [5.74, 6) is -0.928. The lowest BCUT2D eigenvalue weighted by atomic mass is 9.98. The average molecular weight is 414 g/mol. The van der Waals surface area contributed by atoms with Crippen molar-refractivity contribution >= 4 is 27.6 Å². The van der Waals surface area contributed by atoms with E-state index in [1.807, 2.05) is 26.8 Å². The number of carbonyl (C=O) groups is 2. The second-order valence-corrected chi connectivity index (χ2v) is 8.69. The Hall–Kier alpha value is -3.00. The van der Waals surface area contributed by atoms with Gasteiger partial charge in [0.1, 0.15) is 11.9 Å².